The number of imide groups is 2. The van der Waals surface area contributed by atoms with Crippen LogP contribution in [-0.4, -0.2) is 118 Å². The fourth-order valence-corrected chi connectivity index (χ4v) is 11.5. The van der Waals surface area contributed by atoms with Crippen molar-refractivity contribution in [3.63, 3.8) is 0 Å². The van der Waals surface area contributed by atoms with Gasteiger partial charge in [-0.2, -0.15) is 15.3 Å². The number of likely N-dealkylation sites (N-methyl/N-ethyl adjacent to an activating group) is 3. The van der Waals surface area contributed by atoms with Gasteiger partial charge in [0.2, 0.25) is 0 Å². The fourth-order valence-electron chi connectivity index (χ4n) is 11.5. The number of non-ortho nitro benzene ring substituents is 3. The number of hydrogen-bond acceptors (Lipinski definition) is 24. The summed E-state index contributed by atoms with van der Waals surface area (Å²) in [5.74, 6) is 2.88. The first-order valence-electron chi connectivity index (χ1n) is 33.0. The van der Waals surface area contributed by atoms with Crippen LogP contribution < -0.4 is 20.6 Å². The summed E-state index contributed by atoms with van der Waals surface area (Å²) in [5, 5.41) is 82.1. The zero-order valence-electron chi connectivity index (χ0n) is 56.9. The van der Waals surface area contributed by atoms with Crippen LogP contribution in [0.5, 0.6) is 0 Å². The fraction of sp³-hybridized carbons (Fsp3) is 0.158. The van der Waals surface area contributed by atoms with Gasteiger partial charge in [0.25, 0.3) is 40.7 Å². The first-order valence-corrected chi connectivity index (χ1v) is 33.0. The summed E-state index contributed by atoms with van der Waals surface area (Å²) in [6.45, 7) is 10.8. The minimum absolute atomic E-state index is 0.0236. The molecule has 0 atom stereocenters. The van der Waals surface area contributed by atoms with Crippen molar-refractivity contribution in [2.45, 2.75) is 20.8 Å². The molecule has 0 fully saturated rings. The van der Waals surface area contributed by atoms with Gasteiger partial charge in [0.05, 0.1) is 107 Å². The van der Waals surface area contributed by atoms with Gasteiger partial charge >= 0.3 is 0 Å². The second kappa shape index (κ2) is 35.3. The molecule has 2 heterocycles. The lowest BCUT2D eigenvalue weighted by molar-refractivity contribution is -0.383. The molecule has 0 saturated heterocycles. The van der Waals surface area contributed by atoms with Gasteiger partial charge in [0.1, 0.15) is 0 Å². The predicted octanol–water partition coefficient (Wildman–Crippen LogP) is 16.8. The van der Waals surface area contributed by atoms with E-state index in [1.165, 1.54) is 30.3 Å². The number of carbonyl (C=O) groups excluding carboxylic acids is 4. The number of nitrogens with two attached hydrogens (primary N) is 1. The molecule has 4 amide bonds. The molecule has 29 heteroatoms. The van der Waals surface area contributed by atoms with Gasteiger partial charge in [-0.25, -0.2) is 5.90 Å². The van der Waals surface area contributed by atoms with E-state index in [9.17, 15) is 49.5 Å². The lowest BCUT2D eigenvalue weighted by atomic mass is 10.1. The lowest BCUT2D eigenvalue weighted by Gasteiger charge is -2.24. The molecule has 0 aliphatic carbocycles. The van der Waals surface area contributed by atoms with Gasteiger partial charge in [-0.05, 0) is 154 Å². The van der Waals surface area contributed by atoms with Crippen LogP contribution in [0.25, 0.3) is 32.3 Å². The van der Waals surface area contributed by atoms with Crippen molar-refractivity contribution in [1.29, 1.82) is 0 Å². The Hall–Kier alpha value is -13.3. The molecule has 0 saturated carbocycles. The highest BCUT2D eigenvalue weighted by atomic mass is 16.7. The van der Waals surface area contributed by atoms with Crippen LogP contribution in [0, 0.1) is 30.3 Å². The number of benzene rings is 11. The molecule has 0 radical (unpaired) electrons. The number of nitro benzene ring substituents is 3. The maximum Gasteiger partial charge on any atom is 0.285 e. The van der Waals surface area contributed by atoms with Crippen molar-refractivity contribution in [3.8, 4) is 0 Å². The zero-order valence-corrected chi connectivity index (χ0v) is 56.9. The molecule has 11 aromatic rings. The van der Waals surface area contributed by atoms with Gasteiger partial charge in [0.15, 0.2) is 0 Å². The average molecular weight is 1420 g/mol. The van der Waals surface area contributed by atoms with E-state index in [0.29, 0.717) is 110 Å². The number of rotatable bonds is 24. The Morgan fingerprint density at radius 1 is 0.381 bits per heavy atom. The van der Waals surface area contributed by atoms with Gasteiger partial charge in [-0.1, -0.05) is 78.9 Å². The number of hydroxylamine groups is 4. The van der Waals surface area contributed by atoms with Gasteiger partial charge < -0.3 is 24.6 Å². The second-order valence-corrected chi connectivity index (χ2v) is 23.0. The van der Waals surface area contributed by atoms with Crippen molar-refractivity contribution in [1.82, 2.24) is 10.1 Å². The number of aliphatic hydroxyl groups is 1. The van der Waals surface area contributed by atoms with E-state index in [-0.39, 0.29) is 46.5 Å². The lowest BCUT2D eigenvalue weighted by Crippen LogP contribution is -2.34. The first-order chi connectivity index (χ1) is 51.0. The zero-order chi connectivity index (χ0) is 74.5. The molecular weight excluding hydrogens is 1350 g/mol. The number of fused-ring (bicyclic) bond motifs is 5. The van der Waals surface area contributed by atoms with Crippen LogP contribution >= 0.6 is 0 Å². The summed E-state index contributed by atoms with van der Waals surface area (Å²) in [4.78, 5) is 96.0. The molecule has 2 aliphatic rings. The van der Waals surface area contributed by atoms with Crippen LogP contribution in [-0.2, 0) is 9.68 Å². The van der Waals surface area contributed by atoms with E-state index in [2.05, 4.69) is 52.2 Å². The Bertz CT molecular complexity index is 5030. The molecule has 0 spiro atoms. The van der Waals surface area contributed by atoms with E-state index in [0.717, 1.165) is 35.2 Å². The Morgan fingerprint density at radius 3 is 0.962 bits per heavy atom. The maximum absolute atomic E-state index is 12.5. The van der Waals surface area contributed by atoms with Gasteiger partial charge in [-0.15, -0.1) is 25.5 Å². The van der Waals surface area contributed by atoms with Crippen LogP contribution in [0.4, 0.5) is 68.2 Å². The number of azo groups is 3. The van der Waals surface area contributed by atoms with Crippen molar-refractivity contribution in [3.05, 3.63) is 283 Å². The molecule has 0 aromatic heterocycles. The van der Waals surface area contributed by atoms with Crippen LogP contribution in [0.15, 0.2) is 261 Å². The average Bonchev–Trinajstić information content (AvgIpc) is 1.57. The number of carbonyl (C=O) groups is 4. The van der Waals surface area contributed by atoms with Crippen molar-refractivity contribution in [2.24, 2.45) is 36.6 Å². The Morgan fingerprint density at radius 2 is 0.667 bits per heavy atom. The number of aliphatic hydroxyl groups excluding tert-OH is 1. The molecule has 2 aliphatic heterocycles. The van der Waals surface area contributed by atoms with Gasteiger partial charge in [0, 0.05) is 90.7 Å². The normalized spacial score (nSPS) is 12.3. The van der Waals surface area contributed by atoms with Crippen molar-refractivity contribution in [2.75, 3.05) is 73.8 Å². The summed E-state index contributed by atoms with van der Waals surface area (Å²) in [6.07, 6.45) is 0. The topological polar surface area (TPSA) is 373 Å². The molecule has 532 valence electrons. The van der Waals surface area contributed by atoms with Gasteiger partial charge in [-0.3, -0.25) is 59.6 Å². The van der Waals surface area contributed by atoms with E-state index >= 15 is 0 Å². The number of anilines is 3. The second-order valence-electron chi connectivity index (χ2n) is 23.0. The SMILES string of the molecule is CCN(CCO)c1ccc(N=Nc2ccc([N+](=O)[O-])c3ccccc23)cc1.CCN(CCON)c1ccc(N=Nc2ccc([N+](=O)[O-])c3ccccc23)cc1.CCN(CCON1C(=O)c2ccccc2C1=O)c1ccc(N=Nc2ccc([N+](=O)[O-])c3ccccc23)cc1.O=C1c2ccccc2C(=O)N1O. The summed E-state index contributed by atoms with van der Waals surface area (Å²) < 4.78 is 0. The Balaban J connectivity index is 0.000000158. The van der Waals surface area contributed by atoms with E-state index < -0.39 is 38.4 Å². The van der Waals surface area contributed by atoms with Crippen LogP contribution in [0.3, 0.4) is 0 Å². The third kappa shape index (κ3) is 17.7. The molecule has 0 bridgehead atoms. The van der Waals surface area contributed by atoms with E-state index in [1.807, 2.05) is 104 Å². The maximum atomic E-state index is 12.5. The molecule has 11 aromatic carbocycles. The number of nitro groups is 3. The molecule has 29 nitrogen and oxygen atoms in total. The minimum atomic E-state index is -0.657. The molecule has 0 unspecified atom stereocenters. The largest absolute Gasteiger partial charge is 0.395 e. The standard InChI is InChI=1S/C28H23N5O5.C20H21N5O3.C20H20N4O3.C8H5NO3/c1-2-31(17-18-38-32-27(34)23-9-5-6-10-24(23)28(32)35)20-13-11-19(12-14-20)29-30-25-15-16-26(33(36)37)22-8-4-3-7-21(22)25;1-2-24(13-14-28-21)16-9-7-15(8-10-16)22-23-19-11-12-20(25(26)27)18-6-4-3-5-17(18)19;1-2-23(13-14-25)16-9-7-15(8-10-16)21-22-19-11-12-20(24(26)27)18-6-4-3-5-17(18)19;10-7-5-3-1-2-4-6(5)8(11)9(7)12/h3-16H,2,17-18H2,1H3;3-12H,2,13-14,21H2,1H3;3-12,25H,2,13-14H2,1H3;1-4,12H. The molecule has 4 N–H and O–H groups in total. The van der Waals surface area contributed by atoms with Crippen LogP contribution in [0.1, 0.15) is 62.2 Å². The summed E-state index contributed by atoms with van der Waals surface area (Å²) in [5.41, 5.74) is 7.99. The first kappa shape index (κ1) is 74.4. The summed E-state index contributed by atoms with van der Waals surface area (Å²) >= 11 is 0. The highest BCUT2D eigenvalue weighted by molar-refractivity contribution is 6.21. The Kier molecular flexibility index (Phi) is 25.0. The van der Waals surface area contributed by atoms with Crippen LogP contribution in [0.2, 0.25) is 0 Å². The number of amides is 4. The van der Waals surface area contributed by atoms with E-state index in [4.69, 9.17) is 21.0 Å². The minimum Gasteiger partial charge on any atom is -0.395 e. The highest BCUT2D eigenvalue weighted by Crippen LogP contribution is 2.38. The Labute approximate surface area is 599 Å². The molecular formula is C76H69N15O14. The van der Waals surface area contributed by atoms with E-state index in [1.54, 1.807) is 115 Å². The van der Waals surface area contributed by atoms with Crippen molar-refractivity contribution >= 4 is 124 Å². The highest BCUT2D eigenvalue weighted by Gasteiger charge is 2.37. The third-order valence-electron chi connectivity index (χ3n) is 16.8. The quantitative estimate of drug-likeness (QED) is 0.0166. The number of nitrogens with zero attached hydrogens (tertiary/aromatic N) is 14. The molecule has 13 rings (SSSR count). The molecule has 105 heavy (non-hydrogen) atoms. The smallest absolute Gasteiger partial charge is 0.285 e. The monoisotopic (exact) mass is 1420 g/mol. The summed E-state index contributed by atoms with van der Waals surface area (Å²) in [7, 11) is 0. The predicted molar refractivity (Wildman–Crippen MR) is 396 cm³/mol. The third-order valence-corrected chi connectivity index (χ3v) is 16.8. The summed E-state index contributed by atoms with van der Waals surface area (Å²) in [6, 6.07) is 66.0. The number of hydrogen-bond donors (Lipinski definition) is 3. The van der Waals surface area contributed by atoms with Crippen molar-refractivity contribution < 1.29 is 53.9 Å².